The minimum absolute atomic E-state index is 0.289. The summed E-state index contributed by atoms with van der Waals surface area (Å²) >= 11 is 0. The van der Waals surface area contributed by atoms with Crippen LogP contribution in [0.4, 0.5) is 0 Å². The van der Waals surface area contributed by atoms with Gasteiger partial charge < -0.3 is 9.84 Å². The molecular formula is C13H15NO2. The van der Waals surface area contributed by atoms with Crippen LogP contribution in [0.1, 0.15) is 36.6 Å². The lowest BCUT2D eigenvalue weighted by Gasteiger charge is -2.14. The van der Waals surface area contributed by atoms with Gasteiger partial charge in [-0.1, -0.05) is 6.08 Å². The molecule has 1 aliphatic carbocycles. The molecule has 0 atom stereocenters. The second kappa shape index (κ2) is 3.91. The minimum Gasteiger partial charge on any atom is -0.506 e. The van der Waals surface area contributed by atoms with Crippen LogP contribution >= 0.6 is 0 Å². The van der Waals surface area contributed by atoms with Gasteiger partial charge in [-0.05, 0) is 37.0 Å². The largest absolute Gasteiger partial charge is 0.506 e. The Labute approximate surface area is 94.8 Å². The van der Waals surface area contributed by atoms with Crippen LogP contribution in [-0.4, -0.2) is 23.3 Å². The summed E-state index contributed by atoms with van der Waals surface area (Å²) in [5.74, 6) is 0.914. The first-order chi connectivity index (χ1) is 7.84. The number of aromatic hydroxyl groups is 1. The van der Waals surface area contributed by atoms with Crippen molar-refractivity contribution in [1.29, 1.82) is 0 Å². The molecule has 0 aromatic carbocycles. The molecule has 1 saturated carbocycles. The molecule has 1 fully saturated rings. The summed E-state index contributed by atoms with van der Waals surface area (Å²) in [5.41, 5.74) is 3.00. The van der Waals surface area contributed by atoms with Crippen molar-refractivity contribution in [3.63, 3.8) is 0 Å². The Morgan fingerprint density at radius 3 is 2.88 bits per heavy atom. The Morgan fingerprint density at radius 1 is 1.31 bits per heavy atom. The van der Waals surface area contributed by atoms with Gasteiger partial charge in [-0.15, -0.1) is 0 Å². The van der Waals surface area contributed by atoms with Crippen molar-refractivity contribution in [3.8, 4) is 5.75 Å². The molecule has 3 nitrogen and oxygen atoms in total. The van der Waals surface area contributed by atoms with E-state index in [0.29, 0.717) is 12.5 Å². The molecule has 1 aromatic heterocycles. The van der Waals surface area contributed by atoms with Gasteiger partial charge in [0.1, 0.15) is 11.4 Å². The molecule has 1 aromatic rings. The van der Waals surface area contributed by atoms with Crippen LogP contribution in [0, 0.1) is 0 Å². The lowest BCUT2D eigenvalue weighted by atomic mass is 10.1. The second-order valence-electron chi connectivity index (χ2n) is 4.43. The number of ether oxygens (including phenoxy) is 1. The van der Waals surface area contributed by atoms with E-state index in [4.69, 9.17) is 4.74 Å². The first-order valence-electron chi connectivity index (χ1n) is 5.81. The van der Waals surface area contributed by atoms with Crippen molar-refractivity contribution < 1.29 is 9.84 Å². The summed E-state index contributed by atoms with van der Waals surface area (Å²) < 4.78 is 5.27. The number of hydrogen-bond donors (Lipinski definition) is 1. The van der Waals surface area contributed by atoms with Crippen molar-refractivity contribution in [1.82, 2.24) is 4.98 Å². The summed E-state index contributed by atoms with van der Waals surface area (Å²) in [7, 11) is 0. The topological polar surface area (TPSA) is 42.4 Å². The Balaban J connectivity index is 1.97. The van der Waals surface area contributed by atoms with Gasteiger partial charge in [0.25, 0.3) is 0 Å². The fourth-order valence-electron chi connectivity index (χ4n) is 2.05. The van der Waals surface area contributed by atoms with Gasteiger partial charge in [0.05, 0.1) is 13.2 Å². The molecule has 84 valence electrons. The SMILES string of the molecule is Oc1ccc(C2CC2)nc1C1=CCOCC1. The van der Waals surface area contributed by atoms with E-state index in [1.54, 1.807) is 6.07 Å². The normalized spacial score (nSPS) is 20.6. The standard InChI is InChI=1S/C13H15NO2/c15-12-4-3-11(9-1-2-9)14-13(12)10-5-7-16-8-6-10/h3-5,9,15H,1-2,6-8H2. The van der Waals surface area contributed by atoms with Crippen LogP contribution in [0.5, 0.6) is 5.75 Å². The highest BCUT2D eigenvalue weighted by Crippen LogP contribution is 2.40. The van der Waals surface area contributed by atoms with Crippen molar-refractivity contribution in [2.45, 2.75) is 25.2 Å². The molecular weight excluding hydrogens is 202 g/mol. The number of aromatic nitrogens is 1. The Bertz CT molecular complexity index is 436. The summed E-state index contributed by atoms with van der Waals surface area (Å²) in [5, 5.41) is 9.85. The molecule has 1 aliphatic heterocycles. The molecule has 2 heterocycles. The van der Waals surface area contributed by atoms with Crippen LogP contribution in [0.3, 0.4) is 0 Å². The maximum absolute atomic E-state index is 9.85. The van der Waals surface area contributed by atoms with Crippen molar-refractivity contribution in [2.24, 2.45) is 0 Å². The van der Waals surface area contributed by atoms with Crippen LogP contribution in [0.15, 0.2) is 18.2 Å². The van der Waals surface area contributed by atoms with E-state index in [2.05, 4.69) is 4.98 Å². The molecule has 0 bridgehead atoms. The third kappa shape index (κ3) is 1.83. The highest BCUT2D eigenvalue weighted by molar-refractivity contribution is 5.68. The van der Waals surface area contributed by atoms with Gasteiger partial charge >= 0.3 is 0 Å². The smallest absolute Gasteiger partial charge is 0.141 e. The lowest BCUT2D eigenvalue weighted by molar-refractivity contribution is 0.161. The van der Waals surface area contributed by atoms with E-state index in [1.165, 1.54) is 12.8 Å². The summed E-state index contributed by atoms with van der Waals surface area (Å²) in [6, 6.07) is 3.71. The van der Waals surface area contributed by atoms with Crippen LogP contribution < -0.4 is 0 Å². The molecule has 0 radical (unpaired) electrons. The van der Waals surface area contributed by atoms with Crippen molar-refractivity contribution >= 4 is 5.57 Å². The van der Waals surface area contributed by atoms with Gasteiger partial charge in [-0.2, -0.15) is 0 Å². The molecule has 16 heavy (non-hydrogen) atoms. The van der Waals surface area contributed by atoms with Gasteiger partial charge in [-0.3, -0.25) is 0 Å². The van der Waals surface area contributed by atoms with Gasteiger partial charge in [0, 0.05) is 11.6 Å². The Kier molecular flexibility index (Phi) is 2.40. The van der Waals surface area contributed by atoms with E-state index in [1.807, 2.05) is 12.1 Å². The molecule has 3 heteroatoms. The first kappa shape index (κ1) is 9.85. The molecule has 0 amide bonds. The highest BCUT2D eigenvalue weighted by Gasteiger charge is 2.26. The lowest BCUT2D eigenvalue weighted by Crippen LogP contribution is -2.05. The average Bonchev–Trinajstić information content (AvgIpc) is 3.15. The molecule has 2 aliphatic rings. The molecule has 1 N–H and O–H groups in total. The number of nitrogens with zero attached hydrogens (tertiary/aromatic N) is 1. The molecule has 0 saturated heterocycles. The highest BCUT2D eigenvalue weighted by atomic mass is 16.5. The van der Waals surface area contributed by atoms with Crippen LogP contribution in [0.25, 0.3) is 5.57 Å². The zero-order valence-corrected chi connectivity index (χ0v) is 9.15. The molecule has 0 spiro atoms. The fraction of sp³-hybridized carbons (Fsp3) is 0.462. The van der Waals surface area contributed by atoms with E-state index in [9.17, 15) is 5.11 Å². The molecule has 3 rings (SSSR count). The van der Waals surface area contributed by atoms with Gasteiger partial charge in [-0.25, -0.2) is 4.98 Å². The summed E-state index contributed by atoms with van der Waals surface area (Å²) in [6.07, 6.45) is 5.33. The van der Waals surface area contributed by atoms with Crippen molar-refractivity contribution in [3.05, 3.63) is 29.6 Å². The van der Waals surface area contributed by atoms with Crippen LogP contribution in [0.2, 0.25) is 0 Å². The van der Waals surface area contributed by atoms with Crippen molar-refractivity contribution in [2.75, 3.05) is 13.2 Å². The third-order valence-electron chi connectivity index (χ3n) is 3.16. The van der Waals surface area contributed by atoms with E-state index in [0.717, 1.165) is 30.0 Å². The zero-order valence-electron chi connectivity index (χ0n) is 9.15. The summed E-state index contributed by atoms with van der Waals surface area (Å²) in [6.45, 7) is 1.35. The zero-order chi connectivity index (χ0) is 11.0. The summed E-state index contributed by atoms with van der Waals surface area (Å²) in [4.78, 5) is 4.58. The first-order valence-corrected chi connectivity index (χ1v) is 5.81. The average molecular weight is 217 g/mol. The molecule has 0 unspecified atom stereocenters. The monoisotopic (exact) mass is 217 g/mol. The Hall–Kier alpha value is -1.35. The number of pyridine rings is 1. The fourth-order valence-corrected chi connectivity index (χ4v) is 2.05. The van der Waals surface area contributed by atoms with E-state index in [-0.39, 0.29) is 5.75 Å². The quantitative estimate of drug-likeness (QED) is 0.827. The maximum Gasteiger partial charge on any atom is 0.141 e. The predicted molar refractivity (Wildman–Crippen MR) is 61.3 cm³/mol. The number of rotatable bonds is 2. The second-order valence-corrected chi connectivity index (χ2v) is 4.43. The minimum atomic E-state index is 0.289. The maximum atomic E-state index is 9.85. The third-order valence-corrected chi connectivity index (χ3v) is 3.16. The van der Waals surface area contributed by atoms with Gasteiger partial charge in [0.15, 0.2) is 0 Å². The predicted octanol–water partition coefficient (Wildman–Crippen LogP) is 2.47. The van der Waals surface area contributed by atoms with E-state index >= 15 is 0 Å². The van der Waals surface area contributed by atoms with Crippen LogP contribution in [-0.2, 0) is 4.74 Å². The van der Waals surface area contributed by atoms with E-state index < -0.39 is 0 Å². The van der Waals surface area contributed by atoms with Gasteiger partial charge in [0.2, 0.25) is 0 Å². The number of hydrogen-bond acceptors (Lipinski definition) is 3. The Morgan fingerprint density at radius 2 is 2.19 bits per heavy atom.